The normalized spacial score (nSPS) is 13.4. The van der Waals surface area contributed by atoms with Crippen molar-refractivity contribution in [3.8, 4) is 0 Å². The van der Waals surface area contributed by atoms with Gasteiger partial charge in [0.2, 0.25) is 0 Å². The highest BCUT2D eigenvalue weighted by molar-refractivity contribution is 5.54. The summed E-state index contributed by atoms with van der Waals surface area (Å²) in [5, 5.41) is 0. The van der Waals surface area contributed by atoms with Crippen LogP contribution in [0.4, 0.5) is 0 Å². The molecule has 0 heterocycles. The minimum Gasteiger partial charge on any atom is -0.380 e. The molecular formula is C12H17NO. The monoisotopic (exact) mass is 191 g/mol. The maximum atomic E-state index is 5.65. The first kappa shape index (κ1) is 11.0. The molecule has 0 saturated heterocycles. The highest BCUT2D eigenvalue weighted by atomic mass is 16.5. The van der Waals surface area contributed by atoms with Gasteiger partial charge in [-0.25, -0.2) is 0 Å². The fourth-order valence-corrected chi connectivity index (χ4v) is 1.24. The second-order valence-electron chi connectivity index (χ2n) is 3.35. The third-order valence-corrected chi connectivity index (χ3v) is 1.93. The second-order valence-corrected chi connectivity index (χ2v) is 3.35. The summed E-state index contributed by atoms with van der Waals surface area (Å²) in [5.41, 5.74) is 8.01. The molecule has 14 heavy (non-hydrogen) atoms. The Kier molecular flexibility index (Phi) is 4.36. The van der Waals surface area contributed by atoms with Gasteiger partial charge in [0, 0.05) is 13.2 Å². The first-order valence-corrected chi connectivity index (χ1v) is 4.74. The van der Waals surface area contributed by atoms with Crippen molar-refractivity contribution in [2.75, 3.05) is 7.11 Å². The van der Waals surface area contributed by atoms with E-state index < -0.39 is 0 Å². The molecule has 0 aliphatic rings. The largest absolute Gasteiger partial charge is 0.380 e. The molecule has 1 atom stereocenters. The fourth-order valence-electron chi connectivity index (χ4n) is 1.24. The zero-order chi connectivity index (χ0) is 10.4. The van der Waals surface area contributed by atoms with Gasteiger partial charge in [-0.3, -0.25) is 0 Å². The summed E-state index contributed by atoms with van der Waals surface area (Å²) in [4.78, 5) is 0. The number of nitrogens with two attached hydrogens (primary N) is 1. The lowest BCUT2D eigenvalue weighted by molar-refractivity contribution is 0.184. The Morgan fingerprint density at radius 1 is 1.43 bits per heavy atom. The summed E-state index contributed by atoms with van der Waals surface area (Å²) in [6, 6.07) is 8.24. The van der Waals surface area contributed by atoms with Crippen molar-refractivity contribution in [3.63, 3.8) is 0 Å². The van der Waals surface area contributed by atoms with Crippen LogP contribution in [0, 0.1) is 0 Å². The van der Waals surface area contributed by atoms with Gasteiger partial charge in [0.1, 0.15) is 0 Å². The molecule has 76 valence electrons. The van der Waals surface area contributed by atoms with Gasteiger partial charge < -0.3 is 10.5 Å². The zero-order valence-electron chi connectivity index (χ0n) is 8.73. The van der Waals surface area contributed by atoms with E-state index in [1.165, 1.54) is 11.1 Å². The van der Waals surface area contributed by atoms with Crippen molar-refractivity contribution in [1.29, 1.82) is 0 Å². The van der Waals surface area contributed by atoms with Gasteiger partial charge in [0.15, 0.2) is 0 Å². The number of hydrogen-bond donors (Lipinski definition) is 1. The summed E-state index contributed by atoms with van der Waals surface area (Å²) in [6.45, 7) is 2.59. The molecule has 0 radical (unpaired) electrons. The molecule has 1 unspecified atom stereocenters. The average Bonchev–Trinajstić information content (AvgIpc) is 2.17. The fraction of sp³-hybridized carbons (Fsp3) is 0.333. The molecule has 0 spiro atoms. The Morgan fingerprint density at radius 2 is 2.14 bits per heavy atom. The summed E-state index contributed by atoms with van der Waals surface area (Å²) in [5.74, 6) is 0. The van der Waals surface area contributed by atoms with Crippen LogP contribution in [0.25, 0.3) is 6.08 Å². The van der Waals surface area contributed by atoms with E-state index in [9.17, 15) is 0 Å². The van der Waals surface area contributed by atoms with Gasteiger partial charge in [0.25, 0.3) is 0 Å². The standard InChI is InChI=1S/C12H17NO/c1-10(13)7-8-11-5-3-4-6-12(11)9-14-2/h3-8,10H,9,13H2,1-2H3/b8-7+. The van der Waals surface area contributed by atoms with Crippen LogP contribution < -0.4 is 5.73 Å². The molecule has 2 heteroatoms. The second kappa shape index (κ2) is 5.58. The van der Waals surface area contributed by atoms with Crippen molar-refractivity contribution >= 4 is 6.08 Å². The van der Waals surface area contributed by atoms with E-state index in [0.717, 1.165) is 0 Å². The number of benzene rings is 1. The minimum atomic E-state index is 0.0885. The molecule has 0 aliphatic heterocycles. The molecule has 0 aromatic heterocycles. The predicted octanol–water partition coefficient (Wildman–Crippen LogP) is 2.19. The van der Waals surface area contributed by atoms with Gasteiger partial charge in [-0.15, -0.1) is 0 Å². The van der Waals surface area contributed by atoms with E-state index >= 15 is 0 Å². The molecular weight excluding hydrogens is 174 g/mol. The lowest BCUT2D eigenvalue weighted by atomic mass is 10.1. The van der Waals surface area contributed by atoms with E-state index in [1.54, 1.807) is 7.11 Å². The third-order valence-electron chi connectivity index (χ3n) is 1.93. The molecule has 0 amide bonds. The van der Waals surface area contributed by atoms with Crippen molar-refractivity contribution in [1.82, 2.24) is 0 Å². The number of methoxy groups -OCH3 is 1. The summed E-state index contributed by atoms with van der Waals surface area (Å²) in [7, 11) is 1.70. The molecule has 0 aliphatic carbocycles. The van der Waals surface area contributed by atoms with Crippen LogP contribution in [0.1, 0.15) is 18.1 Å². The Bertz CT molecular complexity index is 305. The van der Waals surface area contributed by atoms with Crippen LogP contribution >= 0.6 is 0 Å². The lowest BCUT2D eigenvalue weighted by Crippen LogP contribution is -2.10. The molecule has 0 saturated carbocycles. The van der Waals surface area contributed by atoms with Gasteiger partial charge >= 0.3 is 0 Å². The molecule has 1 rings (SSSR count). The van der Waals surface area contributed by atoms with Crippen molar-refractivity contribution in [3.05, 3.63) is 41.5 Å². The SMILES string of the molecule is COCc1ccccc1/C=C/C(C)N. The third kappa shape index (κ3) is 3.32. The van der Waals surface area contributed by atoms with Gasteiger partial charge in [-0.2, -0.15) is 0 Å². The van der Waals surface area contributed by atoms with Crippen molar-refractivity contribution in [2.45, 2.75) is 19.6 Å². The van der Waals surface area contributed by atoms with E-state index in [-0.39, 0.29) is 6.04 Å². The smallest absolute Gasteiger partial charge is 0.0718 e. The van der Waals surface area contributed by atoms with Gasteiger partial charge in [0.05, 0.1) is 6.61 Å². The number of rotatable bonds is 4. The van der Waals surface area contributed by atoms with Gasteiger partial charge in [-0.1, -0.05) is 36.4 Å². The van der Waals surface area contributed by atoms with Crippen molar-refractivity contribution < 1.29 is 4.74 Å². The van der Waals surface area contributed by atoms with Gasteiger partial charge in [-0.05, 0) is 18.1 Å². The van der Waals surface area contributed by atoms with Crippen LogP contribution in [0.5, 0.6) is 0 Å². The topological polar surface area (TPSA) is 35.2 Å². The van der Waals surface area contributed by atoms with Crippen LogP contribution in [0.2, 0.25) is 0 Å². The molecule has 0 fully saturated rings. The number of hydrogen-bond acceptors (Lipinski definition) is 2. The molecule has 2 nitrogen and oxygen atoms in total. The van der Waals surface area contributed by atoms with E-state index in [2.05, 4.69) is 12.1 Å². The van der Waals surface area contributed by atoms with Crippen LogP contribution in [0.3, 0.4) is 0 Å². The molecule has 0 bridgehead atoms. The highest BCUT2D eigenvalue weighted by Gasteiger charge is 1.97. The average molecular weight is 191 g/mol. The first-order valence-electron chi connectivity index (χ1n) is 4.74. The van der Waals surface area contributed by atoms with Crippen molar-refractivity contribution in [2.24, 2.45) is 5.73 Å². The Morgan fingerprint density at radius 3 is 2.79 bits per heavy atom. The summed E-state index contributed by atoms with van der Waals surface area (Å²) >= 11 is 0. The maximum Gasteiger partial charge on any atom is 0.0718 e. The minimum absolute atomic E-state index is 0.0885. The predicted molar refractivity (Wildman–Crippen MR) is 59.8 cm³/mol. The van der Waals surface area contributed by atoms with E-state index in [1.807, 2.05) is 31.2 Å². The van der Waals surface area contributed by atoms with Crippen LogP contribution in [-0.4, -0.2) is 13.2 Å². The Labute approximate surface area is 85.4 Å². The molecule has 1 aromatic carbocycles. The Balaban J connectivity index is 2.84. The van der Waals surface area contributed by atoms with Crippen LogP contribution in [-0.2, 0) is 11.3 Å². The first-order chi connectivity index (χ1) is 6.74. The lowest BCUT2D eigenvalue weighted by Gasteiger charge is -2.04. The Hall–Kier alpha value is -1.12. The summed E-state index contributed by atoms with van der Waals surface area (Å²) in [6.07, 6.45) is 4.02. The van der Waals surface area contributed by atoms with E-state index in [4.69, 9.17) is 10.5 Å². The van der Waals surface area contributed by atoms with E-state index in [0.29, 0.717) is 6.61 Å². The number of ether oxygens (including phenoxy) is 1. The van der Waals surface area contributed by atoms with Crippen LogP contribution in [0.15, 0.2) is 30.3 Å². The zero-order valence-corrected chi connectivity index (χ0v) is 8.73. The highest BCUT2D eigenvalue weighted by Crippen LogP contribution is 2.11. The molecule has 1 aromatic rings. The quantitative estimate of drug-likeness (QED) is 0.791. The maximum absolute atomic E-state index is 5.65. The summed E-state index contributed by atoms with van der Waals surface area (Å²) < 4.78 is 5.11. The molecule has 2 N–H and O–H groups in total.